The topological polar surface area (TPSA) is 71.4 Å². The molecule has 1 aromatic rings. The number of nitrogens with zero attached hydrogens (tertiary/aromatic N) is 1. The molecule has 6 heteroatoms. The molecule has 1 aromatic carbocycles. The van der Waals surface area contributed by atoms with Gasteiger partial charge in [0, 0.05) is 43.1 Å². The van der Waals surface area contributed by atoms with Gasteiger partial charge in [0.25, 0.3) is 0 Å². The SMILES string of the molecule is COc1ccc2c3c1O[C@@H]1[C@@]4(OC)C[C@H](O)[C@@]5(C[C@@H]4CO)[C@@H](C2)N(C)CC[C@]315. The van der Waals surface area contributed by atoms with Gasteiger partial charge in [-0.3, -0.25) is 0 Å². The zero-order valence-corrected chi connectivity index (χ0v) is 16.8. The smallest absolute Gasteiger partial charge is 0.165 e. The lowest BCUT2D eigenvalue weighted by Gasteiger charge is -2.74. The number of ether oxygens (including phenoxy) is 3. The standard InChI is InChI=1S/C22H29NO5/c1-23-7-6-20-17-12-4-5-14(26-2)18(17)28-19(20)22(27-3)10-16(25)21(20,15(23)8-12)9-13(22)11-24/h4-5,13,15-16,19,24-25H,6-11H2,1-3H3/t13-,15-,16+,19+,20+,21-,22-/m1/s1. The van der Waals surface area contributed by atoms with E-state index in [1.165, 1.54) is 11.1 Å². The highest BCUT2D eigenvalue weighted by Crippen LogP contribution is 2.76. The van der Waals surface area contributed by atoms with E-state index in [1.807, 2.05) is 6.07 Å². The van der Waals surface area contributed by atoms with Crippen LogP contribution >= 0.6 is 0 Å². The van der Waals surface area contributed by atoms with E-state index >= 15 is 0 Å². The summed E-state index contributed by atoms with van der Waals surface area (Å²) in [5, 5.41) is 22.0. The summed E-state index contributed by atoms with van der Waals surface area (Å²) in [7, 11) is 5.58. The van der Waals surface area contributed by atoms with Gasteiger partial charge in [0.15, 0.2) is 11.5 Å². The Bertz CT molecular complexity index is 860. The van der Waals surface area contributed by atoms with Gasteiger partial charge >= 0.3 is 0 Å². The molecule has 0 radical (unpaired) electrons. The first-order chi connectivity index (χ1) is 13.5. The van der Waals surface area contributed by atoms with E-state index in [0.29, 0.717) is 6.42 Å². The Morgan fingerprint density at radius 3 is 2.82 bits per heavy atom. The van der Waals surface area contributed by atoms with Crippen molar-refractivity contribution < 1.29 is 24.4 Å². The Hall–Kier alpha value is -1.34. The van der Waals surface area contributed by atoms with Crippen molar-refractivity contribution in [2.75, 3.05) is 34.4 Å². The maximum Gasteiger partial charge on any atom is 0.165 e. The van der Waals surface area contributed by atoms with Crippen LogP contribution in [0, 0.1) is 11.3 Å². The molecule has 3 saturated carbocycles. The van der Waals surface area contributed by atoms with Crippen molar-refractivity contribution in [1.29, 1.82) is 0 Å². The van der Waals surface area contributed by atoms with Crippen LogP contribution < -0.4 is 9.47 Å². The molecule has 2 N–H and O–H groups in total. The van der Waals surface area contributed by atoms with Gasteiger partial charge in [0.1, 0.15) is 11.7 Å². The normalized spacial score (nSPS) is 47.6. The molecular formula is C22H29NO5. The highest BCUT2D eigenvalue weighted by atomic mass is 16.6. The highest BCUT2D eigenvalue weighted by molar-refractivity contribution is 5.64. The second-order valence-corrected chi connectivity index (χ2v) is 9.55. The fourth-order valence-electron chi connectivity index (χ4n) is 8.22. The van der Waals surface area contributed by atoms with Crippen molar-refractivity contribution in [3.63, 3.8) is 0 Å². The van der Waals surface area contributed by atoms with Gasteiger partial charge in [-0.05, 0) is 44.5 Å². The Kier molecular flexibility index (Phi) is 3.27. The molecule has 6 nitrogen and oxygen atoms in total. The van der Waals surface area contributed by atoms with Crippen LogP contribution in [-0.2, 0) is 16.6 Å². The van der Waals surface area contributed by atoms with Crippen molar-refractivity contribution in [1.82, 2.24) is 4.90 Å². The quantitative estimate of drug-likeness (QED) is 0.810. The van der Waals surface area contributed by atoms with Crippen LogP contribution in [0.2, 0.25) is 0 Å². The molecule has 4 bridgehead atoms. The predicted molar refractivity (Wildman–Crippen MR) is 102 cm³/mol. The molecule has 6 aliphatic rings. The number of benzene rings is 1. The Labute approximate surface area is 165 Å². The first-order valence-corrected chi connectivity index (χ1v) is 10.4. The number of hydrogen-bond acceptors (Lipinski definition) is 6. The first-order valence-electron chi connectivity index (χ1n) is 10.4. The van der Waals surface area contributed by atoms with Crippen LogP contribution in [-0.4, -0.2) is 73.4 Å². The van der Waals surface area contributed by atoms with E-state index in [4.69, 9.17) is 14.2 Å². The van der Waals surface area contributed by atoms with Crippen LogP contribution in [0.1, 0.15) is 30.4 Å². The molecule has 0 aromatic heterocycles. The summed E-state index contributed by atoms with van der Waals surface area (Å²) in [5.74, 6) is 1.55. The van der Waals surface area contributed by atoms with E-state index in [-0.39, 0.29) is 35.5 Å². The number of rotatable bonds is 3. The Balaban J connectivity index is 1.71. The monoisotopic (exact) mass is 387 g/mol. The third kappa shape index (κ3) is 1.51. The lowest BCUT2D eigenvalue weighted by molar-refractivity contribution is -0.314. The highest BCUT2D eigenvalue weighted by Gasteiger charge is 2.83. The molecule has 4 aliphatic carbocycles. The van der Waals surface area contributed by atoms with E-state index in [9.17, 15) is 10.2 Å². The largest absolute Gasteiger partial charge is 0.493 e. The number of likely N-dealkylation sites (tertiary alicyclic amines) is 1. The van der Waals surface area contributed by atoms with Gasteiger partial charge in [-0.25, -0.2) is 0 Å². The molecule has 0 unspecified atom stereocenters. The number of aliphatic hydroxyl groups is 2. The number of methoxy groups -OCH3 is 2. The molecule has 2 aliphatic heterocycles. The minimum Gasteiger partial charge on any atom is -0.493 e. The number of piperidine rings is 1. The summed E-state index contributed by atoms with van der Waals surface area (Å²) in [6.45, 7) is 1.02. The molecule has 28 heavy (non-hydrogen) atoms. The van der Waals surface area contributed by atoms with E-state index in [1.54, 1.807) is 14.2 Å². The Morgan fingerprint density at radius 1 is 1.29 bits per heavy atom. The minimum absolute atomic E-state index is 0.0464. The van der Waals surface area contributed by atoms with Crippen molar-refractivity contribution in [3.05, 3.63) is 23.3 Å². The fourth-order valence-corrected chi connectivity index (χ4v) is 8.22. The summed E-state index contributed by atoms with van der Waals surface area (Å²) in [6, 6.07) is 4.43. The van der Waals surface area contributed by atoms with Crippen molar-refractivity contribution >= 4 is 0 Å². The van der Waals surface area contributed by atoms with Gasteiger partial charge in [-0.1, -0.05) is 6.07 Å². The second kappa shape index (κ2) is 5.22. The van der Waals surface area contributed by atoms with E-state index in [0.717, 1.165) is 37.3 Å². The van der Waals surface area contributed by atoms with Crippen molar-refractivity contribution in [3.8, 4) is 11.5 Å². The number of likely N-dealkylation sites (N-methyl/N-ethyl adjacent to an activating group) is 1. The Morgan fingerprint density at radius 2 is 2.11 bits per heavy atom. The molecule has 7 rings (SSSR count). The predicted octanol–water partition coefficient (Wildman–Crippen LogP) is 1.10. The first kappa shape index (κ1) is 17.5. The molecule has 2 spiro atoms. The lowest BCUT2D eigenvalue weighted by Crippen LogP contribution is -2.84. The average Bonchev–Trinajstić information content (AvgIpc) is 3.07. The summed E-state index contributed by atoms with van der Waals surface area (Å²) < 4.78 is 18.6. The molecule has 1 saturated heterocycles. The maximum absolute atomic E-state index is 11.6. The van der Waals surface area contributed by atoms with E-state index in [2.05, 4.69) is 18.0 Å². The third-order valence-electron chi connectivity index (χ3n) is 9.21. The maximum atomic E-state index is 11.6. The third-order valence-corrected chi connectivity index (χ3v) is 9.21. The molecule has 4 fully saturated rings. The van der Waals surface area contributed by atoms with Crippen LogP contribution in [0.25, 0.3) is 0 Å². The van der Waals surface area contributed by atoms with Gasteiger partial charge in [0.2, 0.25) is 0 Å². The number of aliphatic hydroxyl groups excluding tert-OH is 2. The van der Waals surface area contributed by atoms with Gasteiger partial charge in [-0.15, -0.1) is 0 Å². The second-order valence-electron chi connectivity index (χ2n) is 9.55. The number of hydrogen-bond donors (Lipinski definition) is 2. The van der Waals surface area contributed by atoms with Crippen LogP contribution in [0.5, 0.6) is 11.5 Å². The summed E-state index contributed by atoms with van der Waals surface area (Å²) in [5.41, 5.74) is 1.25. The van der Waals surface area contributed by atoms with Crippen molar-refractivity contribution in [2.45, 2.75) is 54.9 Å². The van der Waals surface area contributed by atoms with Gasteiger partial charge < -0.3 is 29.3 Å². The summed E-state index contributed by atoms with van der Waals surface area (Å²) >= 11 is 0. The zero-order valence-electron chi connectivity index (χ0n) is 16.8. The molecule has 2 heterocycles. The van der Waals surface area contributed by atoms with Crippen molar-refractivity contribution in [2.24, 2.45) is 11.3 Å². The summed E-state index contributed by atoms with van der Waals surface area (Å²) in [6.07, 6.45) is 2.42. The van der Waals surface area contributed by atoms with Crippen LogP contribution in [0.3, 0.4) is 0 Å². The van der Waals surface area contributed by atoms with Crippen LogP contribution in [0.4, 0.5) is 0 Å². The molecular weight excluding hydrogens is 358 g/mol. The number of fused-ring (bicyclic) bond motifs is 2. The summed E-state index contributed by atoms with van der Waals surface area (Å²) in [4.78, 5) is 2.43. The lowest BCUT2D eigenvalue weighted by atomic mass is 9.34. The molecule has 7 atom stereocenters. The van der Waals surface area contributed by atoms with E-state index < -0.39 is 11.7 Å². The molecule has 0 amide bonds. The zero-order chi connectivity index (χ0) is 19.5. The van der Waals surface area contributed by atoms with Gasteiger partial charge in [-0.2, -0.15) is 0 Å². The van der Waals surface area contributed by atoms with Crippen LogP contribution in [0.15, 0.2) is 12.1 Å². The average molecular weight is 387 g/mol. The molecule has 152 valence electrons. The minimum atomic E-state index is -0.685. The fraction of sp³-hybridized carbons (Fsp3) is 0.727. The van der Waals surface area contributed by atoms with Gasteiger partial charge in [0.05, 0.1) is 18.6 Å².